The summed E-state index contributed by atoms with van der Waals surface area (Å²) in [5.74, 6) is 1.98. The van der Waals surface area contributed by atoms with Crippen LogP contribution in [-0.2, 0) is 12.8 Å². The molecule has 1 aliphatic rings. The molecule has 1 heteroatoms. The number of pyridine rings is 1. The number of rotatable bonds is 10. The van der Waals surface area contributed by atoms with E-state index in [-0.39, 0.29) is 0 Å². The quantitative estimate of drug-likeness (QED) is 0.382. The Morgan fingerprint density at radius 1 is 0.714 bits per heavy atom. The highest BCUT2D eigenvalue weighted by atomic mass is 14.7. The van der Waals surface area contributed by atoms with Gasteiger partial charge in [-0.3, -0.25) is 4.98 Å². The molecule has 1 aromatic heterocycles. The second-order valence-electron chi connectivity index (χ2n) is 8.92. The third-order valence-electron chi connectivity index (χ3n) is 6.64. The first kappa shape index (κ1) is 21.1. The number of aryl methyl sites for hydroxylation is 2. The van der Waals surface area contributed by atoms with Crippen LogP contribution in [-0.4, -0.2) is 4.98 Å². The van der Waals surface area contributed by atoms with E-state index >= 15 is 0 Å². The molecule has 28 heavy (non-hydrogen) atoms. The zero-order chi connectivity index (χ0) is 19.6. The van der Waals surface area contributed by atoms with Gasteiger partial charge in [0.25, 0.3) is 0 Å². The minimum Gasteiger partial charge on any atom is -0.256 e. The fourth-order valence-corrected chi connectivity index (χ4v) is 4.74. The first-order chi connectivity index (χ1) is 13.8. The molecule has 1 fully saturated rings. The summed E-state index contributed by atoms with van der Waals surface area (Å²) in [5.41, 5.74) is 5.14. The van der Waals surface area contributed by atoms with E-state index in [1.807, 2.05) is 6.20 Å². The summed E-state index contributed by atoms with van der Waals surface area (Å²) < 4.78 is 0. The van der Waals surface area contributed by atoms with Gasteiger partial charge in [-0.25, -0.2) is 0 Å². The molecule has 1 aromatic carbocycles. The van der Waals surface area contributed by atoms with Crippen molar-refractivity contribution in [1.82, 2.24) is 4.98 Å². The van der Waals surface area contributed by atoms with Gasteiger partial charge in [0.1, 0.15) is 0 Å². The summed E-state index contributed by atoms with van der Waals surface area (Å²) in [7, 11) is 0. The van der Waals surface area contributed by atoms with Crippen molar-refractivity contribution in [3.05, 3.63) is 53.7 Å². The van der Waals surface area contributed by atoms with Gasteiger partial charge in [-0.1, -0.05) is 102 Å². The van der Waals surface area contributed by atoms with Gasteiger partial charge in [-0.15, -0.1) is 0 Å². The number of hydrogen-bond donors (Lipinski definition) is 0. The molecule has 2 aromatic rings. The Balaban J connectivity index is 1.42. The zero-order valence-electron chi connectivity index (χ0n) is 18.1. The summed E-state index contributed by atoms with van der Waals surface area (Å²) in [6.45, 7) is 4.52. The van der Waals surface area contributed by atoms with Crippen LogP contribution in [0, 0.1) is 11.8 Å². The average Bonchev–Trinajstić information content (AvgIpc) is 2.75. The van der Waals surface area contributed by atoms with Gasteiger partial charge in [0.05, 0.1) is 5.69 Å². The topological polar surface area (TPSA) is 12.9 Å². The smallest absolute Gasteiger partial charge is 0.0702 e. The minimum absolute atomic E-state index is 0.954. The summed E-state index contributed by atoms with van der Waals surface area (Å²) in [6, 6.07) is 13.5. The van der Waals surface area contributed by atoms with Crippen LogP contribution in [0.1, 0.15) is 89.2 Å². The Bertz CT molecular complexity index is 662. The molecular weight excluding hydrogens is 338 g/mol. The number of aromatic nitrogens is 1. The maximum absolute atomic E-state index is 4.65. The van der Waals surface area contributed by atoms with Crippen LogP contribution in [0.4, 0.5) is 0 Å². The van der Waals surface area contributed by atoms with Crippen LogP contribution in [0.25, 0.3) is 11.3 Å². The number of hydrogen-bond acceptors (Lipinski definition) is 1. The van der Waals surface area contributed by atoms with E-state index in [4.69, 9.17) is 0 Å². The van der Waals surface area contributed by atoms with Crippen LogP contribution in [0.2, 0.25) is 0 Å². The van der Waals surface area contributed by atoms with E-state index < -0.39 is 0 Å². The maximum Gasteiger partial charge on any atom is 0.0702 e. The number of unbranched alkanes of at least 4 members (excludes halogenated alkanes) is 2. The molecular formula is C27H39N. The second-order valence-corrected chi connectivity index (χ2v) is 8.92. The Hall–Kier alpha value is -1.63. The van der Waals surface area contributed by atoms with Crippen molar-refractivity contribution in [3.8, 4) is 11.3 Å². The van der Waals surface area contributed by atoms with E-state index in [0.29, 0.717) is 0 Å². The Morgan fingerprint density at radius 2 is 1.39 bits per heavy atom. The molecule has 0 atom stereocenters. The van der Waals surface area contributed by atoms with Crippen molar-refractivity contribution < 1.29 is 0 Å². The van der Waals surface area contributed by atoms with Gasteiger partial charge in [-0.2, -0.15) is 0 Å². The van der Waals surface area contributed by atoms with Crippen molar-refractivity contribution in [1.29, 1.82) is 0 Å². The molecule has 152 valence electrons. The van der Waals surface area contributed by atoms with Crippen LogP contribution in [0.3, 0.4) is 0 Å². The Morgan fingerprint density at radius 3 is 2.00 bits per heavy atom. The number of benzene rings is 1. The monoisotopic (exact) mass is 377 g/mol. The first-order valence-electron chi connectivity index (χ1n) is 11.8. The largest absolute Gasteiger partial charge is 0.256 e. The van der Waals surface area contributed by atoms with E-state index in [1.165, 1.54) is 87.3 Å². The lowest BCUT2D eigenvalue weighted by Crippen LogP contribution is -2.15. The van der Waals surface area contributed by atoms with Crippen molar-refractivity contribution >= 4 is 0 Å². The average molecular weight is 378 g/mol. The second kappa shape index (κ2) is 11.4. The van der Waals surface area contributed by atoms with Crippen LogP contribution < -0.4 is 0 Å². The predicted octanol–water partition coefficient (Wildman–Crippen LogP) is 8.02. The molecule has 0 aliphatic heterocycles. The Kier molecular flexibility index (Phi) is 8.58. The molecule has 0 spiro atoms. The van der Waals surface area contributed by atoms with Crippen molar-refractivity contribution in [2.45, 2.75) is 90.9 Å². The molecule has 1 heterocycles. The van der Waals surface area contributed by atoms with Crippen LogP contribution >= 0.6 is 0 Å². The molecule has 1 aliphatic carbocycles. The lowest BCUT2D eigenvalue weighted by Gasteiger charge is -2.28. The third kappa shape index (κ3) is 6.47. The standard InChI is InChI=1S/C27H39N/c1-3-5-6-8-22-9-11-23(12-10-22)13-14-24-15-18-26(19-16-24)27-20-17-25(7-4-2)21-28-27/h15-23H,3-14H2,1-2H3/t22-,23-. The molecule has 0 bridgehead atoms. The van der Waals surface area contributed by atoms with Gasteiger partial charge in [-0.05, 0) is 48.3 Å². The first-order valence-corrected chi connectivity index (χ1v) is 11.8. The molecule has 1 nitrogen and oxygen atoms in total. The predicted molar refractivity (Wildman–Crippen MR) is 122 cm³/mol. The van der Waals surface area contributed by atoms with E-state index in [0.717, 1.165) is 24.0 Å². The third-order valence-corrected chi connectivity index (χ3v) is 6.64. The van der Waals surface area contributed by atoms with Gasteiger partial charge in [0, 0.05) is 11.8 Å². The fraction of sp³-hybridized carbons (Fsp3) is 0.593. The summed E-state index contributed by atoms with van der Waals surface area (Å²) in [6.07, 6.45) is 18.5. The summed E-state index contributed by atoms with van der Waals surface area (Å²) >= 11 is 0. The molecule has 1 saturated carbocycles. The number of nitrogens with zero attached hydrogens (tertiary/aromatic N) is 1. The van der Waals surface area contributed by atoms with Crippen molar-refractivity contribution in [3.63, 3.8) is 0 Å². The molecule has 0 unspecified atom stereocenters. The lowest BCUT2D eigenvalue weighted by molar-refractivity contribution is 0.249. The highest BCUT2D eigenvalue weighted by Crippen LogP contribution is 2.34. The summed E-state index contributed by atoms with van der Waals surface area (Å²) in [5, 5.41) is 0. The normalized spacial score (nSPS) is 19.6. The molecule has 0 saturated heterocycles. The van der Waals surface area contributed by atoms with Gasteiger partial charge in [0.15, 0.2) is 0 Å². The Labute approximate surface area is 173 Å². The summed E-state index contributed by atoms with van der Waals surface area (Å²) in [4.78, 5) is 4.65. The molecule has 3 rings (SSSR count). The lowest BCUT2D eigenvalue weighted by atomic mass is 9.78. The highest BCUT2D eigenvalue weighted by Gasteiger charge is 2.20. The van der Waals surface area contributed by atoms with E-state index in [1.54, 1.807) is 0 Å². The van der Waals surface area contributed by atoms with Gasteiger partial charge < -0.3 is 0 Å². The van der Waals surface area contributed by atoms with Crippen LogP contribution in [0.5, 0.6) is 0 Å². The minimum atomic E-state index is 0.954. The van der Waals surface area contributed by atoms with Gasteiger partial charge in [0.2, 0.25) is 0 Å². The van der Waals surface area contributed by atoms with E-state index in [9.17, 15) is 0 Å². The van der Waals surface area contributed by atoms with Crippen molar-refractivity contribution in [2.24, 2.45) is 11.8 Å². The van der Waals surface area contributed by atoms with Crippen molar-refractivity contribution in [2.75, 3.05) is 0 Å². The SMILES string of the molecule is CCCCC[C@H]1CC[C@H](CCc2ccc(-c3ccc(CCC)cn3)cc2)CC1. The molecule has 0 N–H and O–H groups in total. The van der Waals surface area contributed by atoms with Crippen LogP contribution in [0.15, 0.2) is 42.6 Å². The fourth-order valence-electron chi connectivity index (χ4n) is 4.74. The molecule has 0 amide bonds. The zero-order valence-corrected chi connectivity index (χ0v) is 18.1. The van der Waals surface area contributed by atoms with E-state index in [2.05, 4.69) is 55.2 Å². The highest BCUT2D eigenvalue weighted by molar-refractivity contribution is 5.59. The van der Waals surface area contributed by atoms with Gasteiger partial charge >= 0.3 is 0 Å². The maximum atomic E-state index is 4.65. The molecule has 0 radical (unpaired) electrons.